The summed E-state index contributed by atoms with van der Waals surface area (Å²) in [7, 11) is 1.70. The van der Waals surface area contributed by atoms with Crippen molar-refractivity contribution >= 4 is 5.91 Å². The number of likely N-dealkylation sites (N-methyl/N-ethyl adjacent to an activating group) is 1. The molecule has 0 aliphatic carbocycles. The number of carbonyl (C=O) groups excluding carboxylic acids is 1. The maximum Gasteiger partial charge on any atom is 0.246 e. The summed E-state index contributed by atoms with van der Waals surface area (Å²) >= 11 is 0. The second-order valence-corrected chi connectivity index (χ2v) is 5.26. The molecule has 0 spiro atoms. The van der Waals surface area contributed by atoms with Gasteiger partial charge >= 0.3 is 0 Å². The molecule has 7 heteroatoms. The quantitative estimate of drug-likeness (QED) is 0.719. The van der Waals surface area contributed by atoms with E-state index in [0.29, 0.717) is 11.7 Å². The Hall–Kier alpha value is -2.96. The Balaban J connectivity index is 1.64. The summed E-state index contributed by atoms with van der Waals surface area (Å²) in [5.41, 5.74) is 1.82. The molecule has 23 heavy (non-hydrogen) atoms. The van der Waals surface area contributed by atoms with Gasteiger partial charge in [-0.1, -0.05) is 35.5 Å². The van der Waals surface area contributed by atoms with Crippen molar-refractivity contribution in [2.24, 2.45) is 0 Å². The van der Waals surface area contributed by atoms with Crippen LogP contribution in [0.5, 0.6) is 0 Å². The van der Waals surface area contributed by atoms with Crippen LogP contribution in [0.2, 0.25) is 0 Å². The van der Waals surface area contributed by atoms with Gasteiger partial charge in [-0.15, -0.1) is 0 Å². The van der Waals surface area contributed by atoms with Gasteiger partial charge in [-0.3, -0.25) is 9.48 Å². The number of hydrogen-bond donors (Lipinski definition) is 0. The molecule has 0 aliphatic rings. The topological polar surface area (TPSA) is 77.1 Å². The van der Waals surface area contributed by atoms with Gasteiger partial charge in [0, 0.05) is 24.5 Å². The third kappa shape index (κ3) is 3.45. The Kier molecular flexibility index (Phi) is 4.18. The Labute approximate surface area is 133 Å². The van der Waals surface area contributed by atoms with E-state index in [0.717, 1.165) is 11.3 Å². The van der Waals surface area contributed by atoms with Gasteiger partial charge in [0.25, 0.3) is 0 Å². The number of amides is 1. The largest absolute Gasteiger partial charge is 0.337 e. The van der Waals surface area contributed by atoms with Gasteiger partial charge in [-0.25, -0.2) is 0 Å². The Morgan fingerprint density at radius 2 is 2.04 bits per heavy atom. The van der Waals surface area contributed by atoms with Crippen LogP contribution in [-0.4, -0.2) is 37.8 Å². The fourth-order valence-corrected chi connectivity index (χ4v) is 2.13. The summed E-state index contributed by atoms with van der Waals surface area (Å²) in [6, 6.07) is 11.4. The zero-order valence-corrected chi connectivity index (χ0v) is 13.0. The van der Waals surface area contributed by atoms with Crippen LogP contribution in [0.25, 0.3) is 11.4 Å². The molecule has 0 unspecified atom stereocenters. The molecule has 0 bridgehead atoms. The van der Waals surface area contributed by atoms with Crippen molar-refractivity contribution in [3.63, 3.8) is 0 Å². The zero-order valence-electron chi connectivity index (χ0n) is 13.0. The third-order valence-electron chi connectivity index (χ3n) is 3.51. The van der Waals surface area contributed by atoms with Crippen LogP contribution in [0.4, 0.5) is 0 Å². The second-order valence-electron chi connectivity index (χ2n) is 5.26. The molecular weight excluding hydrogens is 294 g/mol. The molecule has 0 saturated carbocycles. The van der Waals surface area contributed by atoms with E-state index >= 15 is 0 Å². The fraction of sp³-hybridized carbons (Fsp3) is 0.250. The van der Waals surface area contributed by atoms with Gasteiger partial charge < -0.3 is 9.42 Å². The van der Waals surface area contributed by atoms with Crippen LogP contribution in [0.15, 0.2) is 47.1 Å². The van der Waals surface area contributed by atoms with E-state index < -0.39 is 0 Å². The molecule has 2 aromatic heterocycles. The SMILES string of the molecule is Cc1ccnn1CC(=O)N(C)Cc1nc(-c2ccccc2)no1. The molecule has 0 N–H and O–H groups in total. The summed E-state index contributed by atoms with van der Waals surface area (Å²) in [4.78, 5) is 18.1. The minimum atomic E-state index is -0.0729. The molecule has 2 heterocycles. The highest BCUT2D eigenvalue weighted by molar-refractivity contribution is 5.75. The van der Waals surface area contributed by atoms with Crippen molar-refractivity contribution < 1.29 is 9.32 Å². The van der Waals surface area contributed by atoms with Gasteiger partial charge in [0.05, 0.1) is 6.54 Å². The minimum Gasteiger partial charge on any atom is -0.337 e. The van der Waals surface area contributed by atoms with Crippen LogP contribution < -0.4 is 0 Å². The fourth-order valence-electron chi connectivity index (χ4n) is 2.13. The van der Waals surface area contributed by atoms with E-state index in [9.17, 15) is 4.79 Å². The molecule has 3 rings (SSSR count). The number of aryl methyl sites for hydroxylation is 1. The van der Waals surface area contributed by atoms with Crippen LogP contribution in [-0.2, 0) is 17.9 Å². The predicted octanol–water partition coefficient (Wildman–Crippen LogP) is 1.90. The summed E-state index contributed by atoms with van der Waals surface area (Å²) in [5, 5.41) is 8.05. The third-order valence-corrected chi connectivity index (χ3v) is 3.51. The van der Waals surface area contributed by atoms with Crippen molar-refractivity contribution in [1.82, 2.24) is 24.8 Å². The van der Waals surface area contributed by atoms with E-state index in [4.69, 9.17) is 4.52 Å². The molecule has 1 aromatic carbocycles. The van der Waals surface area contributed by atoms with Crippen molar-refractivity contribution in [2.45, 2.75) is 20.0 Å². The van der Waals surface area contributed by atoms with Gasteiger partial charge in [0.2, 0.25) is 17.6 Å². The summed E-state index contributed by atoms with van der Waals surface area (Å²) in [6.45, 7) is 2.36. The molecule has 0 fully saturated rings. The van der Waals surface area contributed by atoms with Gasteiger partial charge in [-0.2, -0.15) is 10.1 Å². The Morgan fingerprint density at radius 1 is 1.26 bits per heavy atom. The van der Waals surface area contributed by atoms with Gasteiger partial charge in [0.1, 0.15) is 6.54 Å². The normalized spacial score (nSPS) is 10.7. The number of rotatable bonds is 5. The molecule has 0 atom stereocenters. The number of nitrogens with zero attached hydrogens (tertiary/aromatic N) is 5. The average molecular weight is 311 g/mol. The highest BCUT2D eigenvalue weighted by atomic mass is 16.5. The summed E-state index contributed by atoms with van der Waals surface area (Å²) < 4.78 is 6.88. The van der Waals surface area contributed by atoms with Crippen molar-refractivity contribution in [3.8, 4) is 11.4 Å². The number of aromatic nitrogens is 4. The van der Waals surface area contributed by atoms with E-state index in [1.54, 1.807) is 22.8 Å². The highest BCUT2D eigenvalue weighted by Gasteiger charge is 2.15. The predicted molar refractivity (Wildman–Crippen MR) is 83.2 cm³/mol. The Bertz CT molecular complexity index is 794. The summed E-state index contributed by atoms with van der Waals surface area (Å²) in [5.74, 6) is 0.845. The Morgan fingerprint density at radius 3 is 2.74 bits per heavy atom. The van der Waals surface area contributed by atoms with Crippen molar-refractivity contribution in [2.75, 3.05) is 7.05 Å². The first-order valence-electron chi connectivity index (χ1n) is 7.24. The van der Waals surface area contributed by atoms with Crippen LogP contribution in [0.1, 0.15) is 11.6 Å². The molecule has 118 valence electrons. The highest BCUT2D eigenvalue weighted by Crippen LogP contribution is 2.15. The summed E-state index contributed by atoms with van der Waals surface area (Å²) in [6.07, 6.45) is 1.67. The molecule has 1 amide bonds. The number of carbonyl (C=O) groups is 1. The van der Waals surface area contributed by atoms with E-state index in [2.05, 4.69) is 15.2 Å². The molecule has 0 radical (unpaired) electrons. The average Bonchev–Trinajstić information content (AvgIpc) is 3.18. The first kappa shape index (κ1) is 15.0. The van der Waals surface area contributed by atoms with Crippen LogP contribution in [0, 0.1) is 6.92 Å². The first-order chi connectivity index (χ1) is 11.1. The van der Waals surface area contributed by atoms with Crippen LogP contribution in [0.3, 0.4) is 0 Å². The van der Waals surface area contributed by atoms with E-state index in [1.807, 2.05) is 43.3 Å². The lowest BCUT2D eigenvalue weighted by Gasteiger charge is -2.15. The van der Waals surface area contributed by atoms with Gasteiger partial charge in [0.15, 0.2) is 0 Å². The lowest BCUT2D eigenvalue weighted by molar-refractivity contribution is -0.131. The maximum absolute atomic E-state index is 12.2. The number of hydrogen-bond acceptors (Lipinski definition) is 5. The molecule has 3 aromatic rings. The van der Waals surface area contributed by atoms with Crippen molar-refractivity contribution in [3.05, 3.63) is 54.2 Å². The molecule has 7 nitrogen and oxygen atoms in total. The first-order valence-corrected chi connectivity index (χ1v) is 7.24. The molecule has 0 saturated heterocycles. The van der Waals surface area contributed by atoms with Crippen molar-refractivity contribution in [1.29, 1.82) is 0 Å². The second kappa shape index (κ2) is 6.43. The smallest absolute Gasteiger partial charge is 0.246 e. The maximum atomic E-state index is 12.2. The minimum absolute atomic E-state index is 0.0729. The standard InChI is InChI=1S/C16H17N5O2/c1-12-8-9-17-21(12)11-15(22)20(2)10-14-18-16(19-23-14)13-6-4-3-5-7-13/h3-9H,10-11H2,1-2H3. The van der Waals surface area contributed by atoms with E-state index in [-0.39, 0.29) is 19.0 Å². The zero-order chi connectivity index (χ0) is 16.2. The van der Waals surface area contributed by atoms with E-state index in [1.165, 1.54) is 0 Å². The lowest BCUT2D eigenvalue weighted by Crippen LogP contribution is -2.30. The molecule has 0 aliphatic heterocycles. The molecular formula is C16H17N5O2. The lowest BCUT2D eigenvalue weighted by atomic mass is 10.2. The van der Waals surface area contributed by atoms with Gasteiger partial charge in [-0.05, 0) is 13.0 Å². The number of benzene rings is 1. The van der Waals surface area contributed by atoms with Crippen LogP contribution >= 0.6 is 0 Å². The monoisotopic (exact) mass is 311 g/mol.